The fraction of sp³-hybridized carbons (Fsp3) is 0.571. The maximum atomic E-state index is 12.6. The number of rotatable bonds is 5. The number of anilines is 1. The lowest BCUT2D eigenvalue weighted by Gasteiger charge is -2.22. The van der Waals surface area contributed by atoms with Crippen LogP contribution in [0.2, 0.25) is 0 Å². The number of amides is 1. The van der Waals surface area contributed by atoms with Crippen molar-refractivity contribution < 1.29 is 4.79 Å². The number of thioether (sulfide) groups is 1. The third-order valence-corrected chi connectivity index (χ3v) is 7.06. The molecule has 0 bridgehead atoms. The fourth-order valence-corrected chi connectivity index (χ4v) is 5.39. The molecule has 1 aliphatic heterocycles. The minimum absolute atomic E-state index is 0.198. The van der Waals surface area contributed by atoms with Gasteiger partial charge in [0.15, 0.2) is 5.69 Å². The van der Waals surface area contributed by atoms with E-state index in [-0.39, 0.29) is 5.91 Å². The summed E-state index contributed by atoms with van der Waals surface area (Å²) in [6.45, 7) is 4.01. The first-order valence-corrected chi connectivity index (χ1v) is 11.3. The Morgan fingerprint density at radius 1 is 1.18 bits per heavy atom. The van der Waals surface area contributed by atoms with Gasteiger partial charge in [0.05, 0.1) is 12.2 Å². The zero-order valence-corrected chi connectivity index (χ0v) is 17.3. The van der Waals surface area contributed by atoms with Crippen molar-refractivity contribution in [2.24, 2.45) is 0 Å². The molecule has 0 spiro atoms. The Morgan fingerprint density at radius 3 is 2.71 bits per heavy atom. The van der Waals surface area contributed by atoms with Crippen LogP contribution in [-0.2, 0) is 0 Å². The second-order valence-corrected chi connectivity index (χ2v) is 9.25. The Labute approximate surface area is 170 Å². The Kier molecular flexibility index (Phi) is 6.32. The van der Waals surface area contributed by atoms with Crippen molar-refractivity contribution in [2.75, 3.05) is 18.4 Å². The smallest absolute Gasteiger partial charge is 0.277 e. The molecule has 2 aliphatic rings. The van der Waals surface area contributed by atoms with E-state index in [0.717, 1.165) is 42.4 Å². The molecule has 150 valence electrons. The number of nitrogens with zero attached hydrogens (tertiary/aromatic N) is 3. The van der Waals surface area contributed by atoms with Crippen molar-refractivity contribution in [2.45, 2.75) is 68.1 Å². The summed E-state index contributed by atoms with van der Waals surface area (Å²) in [5.74, 6) is -0.198. The highest BCUT2D eigenvalue weighted by Gasteiger charge is 2.19. The molecule has 2 aromatic rings. The first-order chi connectivity index (χ1) is 13.7. The van der Waals surface area contributed by atoms with E-state index in [2.05, 4.69) is 33.1 Å². The number of piperidine rings is 1. The van der Waals surface area contributed by atoms with Gasteiger partial charge < -0.3 is 10.6 Å². The van der Waals surface area contributed by atoms with Crippen LogP contribution in [0.4, 0.5) is 5.69 Å². The lowest BCUT2D eigenvalue weighted by atomic mass is 10.0. The standard InChI is InChI=1S/C21H29N5OS/c1-15-13-18(28-17-5-3-2-4-6-17)7-8-19(15)23-21(27)20-14-26(25-24-20)16-9-11-22-12-10-16/h7-8,13-14,16-17,22H,2-6,9-12H2,1H3,(H,23,27). The molecule has 7 heteroatoms. The molecular formula is C21H29N5OS. The van der Waals surface area contributed by atoms with Crippen LogP contribution in [0.1, 0.15) is 67.0 Å². The van der Waals surface area contributed by atoms with Gasteiger partial charge in [-0.25, -0.2) is 4.68 Å². The van der Waals surface area contributed by atoms with Gasteiger partial charge in [0.2, 0.25) is 0 Å². The molecule has 1 aromatic heterocycles. The average molecular weight is 400 g/mol. The van der Waals surface area contributed by atoms with Crippen LogP contribution in [0.25, 0.3) is 0 Å². The predicted molar refractivity (Wildman–Crippen MR) is 113 cm³/mol. The van der Waals surface area contributed by atoms with Crippen molar-refractivity contribution >= 4 is 23.4 Å². The largest absolute Gasteiger partial charge is 0.320 e. The van der Waals surface area contributed by atoms with Crippen LogP contribution in [0.5, 0.6) is 0 Å². The van der Waals surface area contributed by atoms with Gasteiger partial charge in [-0.2, -0.15) is 0 Å². The minimum Gasteiger partial charge on any atom is -0.320 e. The molecule has 2 N–H and O–H groups in total. The van der Waals surface area contributed by atoms with Gasteiger partial charge in [-0.1, -0.05) is 24.5 Å². The molecule has 4 rings (SSSR count). The van der Waals surface area contributed by atoms with Crippen molar-refractivity contribution in [1.82, 2.24) is 20.3 Å². The highest BCUT2D eigenvalue weighted by atomic mass is 32.2. The molecular weight excluding hydrogens is 370 g/mol. The van der Waals surface area contributed by atoms with E-state index >= 15 is 0 Å². The quantitative estimate of drug-likeness (QED) is 0.789. The Balaban J connectivity index is 1.38. The third kappa shape index (κ3) is 4.75. The van der Waals surface area contributed by atoms with Gasteiger partial charge in [-0.05, 0) is 69.5 Å². The fourth-order valence-electron chi connectivity index (χ4n) is 4.04. The summed E-state index contributed by atoms with van der Waals surface area (Å²) in [4.78, 5) is 13.9. The summed E-state index contributed by atoms with van der Waals surface area (Å²) in [5, 5.41) is 15.3. The number of hydrogen-bond acceptors (Lipinski definition) is 5. The third-order valence-electron chi connectivity index (χ3n) is 5.73. The number of carbonyl (C=O) groups excluding carboxylic acids is 1. The van der Waals surface area contributed by atoms with E-state index in [9.17, 15) is 4.79 Å². The van der Waals surface area contributed by atoms with E-state index in [4.69, 9.17) is 0 Å². The van der Waals surface area contributed by atoms with Crippen LogP contribution in [0.15, 0.2) is 29.3 Å². The normalized spacial score (nSPS) is 18.9. The molecule has 1 saturated heterocycles. The molecule has 2 fully saturated rings. The topological polar surface area (TPSA) is 71.8 Å². The molecule has 1 aromatic carbocycles. The number of aromatic nitrogens is 3. The molecule has 0 atom stereocenters. The maximum Gasteiger partial charge on any atom is 0.277 e. The summed E-state index contributed by atoms with van der Waals surface area (Å²) in [5.41, 5.74) is 2.30. The SMILES string of the molecule is Cc1cc(SC2CCCCC2)ccc1NC(=O)c1cn(C2CCNCC2)nn1. The molecule has 28 heavy (non-hydrogen) atoms. The van der Waals surface area contributed by atoms with Gasteiger partial charge in [0, 0.05) is 15.8 Å². The number of benzene rings is 1. The zero-order valence-electron chi connectivity index (χ0n) is 16.5. The number of carbonyl (C=O) groups is 1. The molecule has 1 saturated carbocycles. The lowest BCUT2D eigenvalue weighted by Crippen LogP contribution is -2.29. The van der Waals surface area contributed by atoms with E-state index in [0.29, 0.717) is 11.7 Å². The van der Waals surface area contributed by atoms with Crippen LogP contribution in [0.3, 0.4) is 0 Å². The Bertz CT molecular complexity index is 809. The Hall–Kier alpha value is -1.86. The first kappa shape index (κ1) is 19.5. The van der Waals surface area contributed by atoms with Gasteiger partial charge in [-0.15, -0.1) is 16.9 Å². The van der Waals surface area contributed by atoms with E-state index in [1.807, 2.05) is 29.4 Å². The predicted octanol–water partition coefficient (Wildman–Crippen LogP) is 4.19. The molecule has 1 aliphatic carbocycles. The van der Waals surface area contributed by atoms with Gasteiger partial charge in [-0.3, -0.25) is 4.79 Å². The summed E-state index contributed by atoms with van der Waals surface area (Å²) in [6, 6.07) is 6.64. The molecule has 6 nitrogen and oxygen atoms in total. The highest BCUT2D eigenvalue weighted by molar-refractivity contribution is 8.00. The van der Waals surface area contributed by atoms with Crippen molar-refractivity contribution in [1.29, 1.82) is 0 Å². The highest BCUT2D eigenvalue weighted by Crippen LogP contribution is 2.35. The zero-order chi connectivity index (χ0) is 19.3. The van der Waals surface area contributed by atoms with Gasteiger partial charge in [0.25, 0.3) is 5.91 Å². The number of aryl methyl sites for hydroxylation is 1. The summed E-state index contributed by atoms with van der Waals surface area (Å²) >= 11 is 1.98. The van der Waals surface area contributed by atoms with E-state index < -0.39 is 0 Å². The maximum absolute atomic E-state index is 12.6. The average Bonchev–Trinajstić information content (AvgIpc) is 3.22. The van der Waals surface area contributed by atoms with Crippen LogP contribution < -0.4 is 10.6 Å². The number of nitrogens with one attached hydrogen (secondary N) is 2. The molecule has 1 amide bonds. The van der Waals surface area contributed by atoms with E-state index in [1.165, 1.54) is 37.0 Å². The first-order valence-electron chi connectivity index (χ1n) is 10.4. The lowest BCUT2D eigenvalue weighted by molar-refractivity contribution is 0.102. The van der Waals surface area contributed by atoms with Crippen molar-refractivity contribution in [3.63, 3.8) is 0 Å². The van der Waals surface area contributed by atoms with Crippen LogP contribution in [0, 0.1) is 6.92 Å². The van der Waals surface area contributed by atoms with Gasteiger partial charge in [0.1, 0.15) is 0 Å². The molecule has 0 unspecified atom stereocenters. The van der Waals surface area contributed by atoms with Gasteiger partial charge >= 0.3 is 0 Å². The molecule has 2 heterocycles. The molecule has 0 radical (unpaired) electrons. The van der Waals surface area contributed by atoms with Crippen LogP contribution in [-0.4, -0.2) is 39.2 Å². The summed E-state index contributed by atoms with van der Waals surface area (Å²) in [6.07, 6.45) is 10.5. The second kappa shape index (κ2) is 9.09. The monoisotopic (exact) mass is 399 g/mol. The minimum atomic E-state index is -0.198. The van der Waals surface area contributed by atoms with Crippen LogP contribution >= 0.6 is 11.8 Å². The number of hydrogen-bond donors (Lipinski definition) is 2. The van der Waals surface area contributed by atoms with Crippen molar-refractivity contribution in [3.05, 3.63) is 35.7 Å². The van der Waals surface area contributed by atoms with Crippen molar-refractivity contribution in [3.8, 4) is 0 Å². The summed E-state index contributed by atoms with van der Waals surface area (Å²) < 4.78 is 1.84. The van der Waals surface area contributed by atoms with E-state index in [1.54, 1.807) is 6.20 Å². The Morgan fingerprint density at radius 2 is 1.96 bits per heavy atom. The summed E-state index contributed by atoms with van der Waals surface area (Å²) in [7, 11) is 0. The second-order valence-electron chi connectivity index (χ2n) is 7.87.